The predicted molar refractivity (Wildman–Crippen MR) is 135 cm³/mol. The number of alkyl carbamates (subject to hydrolysis) is 1. The van der Waals surface area contributed by atoms with Gasteiger partial charge in [0.1, 0.15) is 23.9 Å². The van der Waals surface area contributed by atoms with Crippen LogP contribution in [0.4, 0.5) is 13.6 Å². The van der Waals surface area contributed by atoms with E-state index in [0.29, 0.717) is 6.42 Å². The largest absolute Gasteiger partial charge is 0.460 e. The Balaban J connectivity index is 2.41. The van der Waals surface area contributed by atoms with Crippen molar-refractivity contribution in [3.05, 3.63) is 62.6 Å². The van der Waals surface area contributed by atoms with Gasteiger partial charge in [0.25, 0.3) is 5.70 Å². The number of ether oxygens (including phenoxy) is 3. The second-order valence-electron chi connectivity index (χ2n) is 10.4. The van der Waals surface area contributed by atoms with Gasteiger partial charge in [0.15, 0.2) is 0 Å². The normalized spacial score (nSPS) is 16.8. The molecule has 0 bridgehead atoms. The molecule has 2 atom stereocenters. The van der Waals surface area contributed by atoms with Crippen LogP contribution in [0.5, 0.6) is 5.75 Å². The lowest BCUT2D eigenvalue weighted by Crippen LogP contribution is -2.43. The Morgan fingerprint density at radius 3 is 2.34 bits per heavy atom. The molecule has 1 heterocycles. The number of carbonyl (C=O) groups excluding carboxylic acids is 2. The van der Waals surface area contributed by atoms with Gasteiger partial charge in [-0.15, -0.1) is 0 Å². The number of esters is 1. The van der Waals surface area contributed by atoms with Crippen LogP contribution in [0.25, 0.3) is 0 Å². The first-order valence-electron chi connectivity index (χ1n) is 12.1. The minimum atomic E-state index is -3.18. The highest BCUT2D eigenvalue weighted by Crippen LogP contribution is 2.42. The Bertz CT molecular complexity index is 1110. The molecule has 10 nitrogen and oxygen atoms in total. The Morgan fingerprint density at radius 1 is 1.16 bits per heavy atom. The van der Waals surface area contributed by atoms with Crippen LogP contribution >= 0.6 is 0 Å². The average Bonchev–Trinajstić information content (AvgIpc) is 2.74. The lowest BCUT2D eigenvalue weighted by molar-refractivity contribution is -0.431. The summed E-state index contributed by atoms with van der Waals surface area (Å²) in [5, 5.41) is 17.6. The van der Waals surface area contributed by atoms with Crippen molar-refractivity contribution in [3.8, 4) is 5.75 Å². The van der Waals surface area contributed by atoms with E-state index in [1.54, 1.807) is 20.8 Å². The number of dihydropyridines is 1. The van der Waals surface area contributed by atoms with Gasteiger partial charge in [-0.05, 0) is 53.0 Å². The van der Waals surface area contributed by atoms with Crippen molar-refractivity contribution in [2.45, 2.75) is 79.1 Å². The Kier molecular flexibility index (Phi) is 10.2. The second-order valence-corrected chi connectivity index (χ2v) is 10.4. The van der Waals surface area contributed by atoms with Gasteiger partial charge in [-0.2, -0.15) is 8.78 Å². The third kappa shape index (κ3) is 8.42. The Hall–Kier alpha value is -3.70. The molecule has 0 saturated heterocycles. The molecule has 0 fully saturated rings. The number of hydrogen-bond donors (Lipinski definition) is 2. The van der Waals surface area contributed by atoms with Gasteiger partial charge in [-0.1, -0.05) is 32.0 Å². The molecule has 0 aliphatic carbocycles. The fraction of sp³-hybridized carbons (Fsp3) is 0.538. The SMILES string of the molecule is CC1=C(C(=O)OCC(CC(C)C)NC(=O)OC(C)(C)C)C(c2ccccc2OC(F)F)C([N+](=O)[O-])=C(C)N1. The topological polar surface area (TPSA) is 129 Å². The number of carbonyl (C=O) groups is 2. The van der Waals surface area contributed by atoms with E-state index < -0.39 is 46.9 Å². The van der Waals surface area contributed by atoms with Crippen molar-refractivity contribution in [2.24, 2.45) is 5.92 Å². The van der Waals surface area contributed by atoms with E-state index in [1.807, 2.05) is 13.8 Å². The molecule has 1 amide bonds. The molecule has 12 heteroatoms. The van der Waals surface area contributed by atoms with Crippen LogP contribution in [0.15, 0.2) is 46.9 Å². The molecule has 38 heavy (non-hydrogen) atoms. The zero-order chi connectivity index (χ0) is 28.8. The van der Waals surface area contributed by atoms with Crippen molar-refractivity contribution in [3.63, 3.8) is 0 Å². The number of hydrogen-bond acceptors (Lipinski definition) is 8. The minimum absolute atomic E-state index is 0.0114. The monoisotopic (exact) mass is 539 g/mol. The highest BCUT2D eigenvalue weighted by atomic mass is 19.3. The molecule has 2 N–H and O–H groups in total. The molecule has 1 aliphatic heterocycles. The van der Waals surface area contributed by atoms with E-state index in [9.17, 15) is 28.5 Å². The van der Waals surface area contributed by atoms with Crippen LogP contribution in [0.3, 0.4) is 0 Å². The number of amides is 1. The van der Waals surface area contributed by atoms with Crippen LogP contribution in [0.2, 0.25) is 0 Å². The molecule has 1 aliphatic rings. The number of nitrogens with one attached hydrogen (secondary N) is 2. The summed E-state index contributed by atoms with van der Waals surface area (Å²) >= 11 is 0. The first kappa shape index (κ1) is 30.5. The number of para-hydroxylation sites is 1. The van der Waals surface area contributed by atoms with Gasteiger partial charge in [-0.3, -0.25) is 10.1 Å². The summed E-state index contributed by atoms with van der Waals surface area (Å²) in [6.07, 6.45) is -0.227. The first-order valence-corrected chi connectivity index (χ1v) is 12.1. The van der Waals surface area contributed by atoms with Crippen LogP contribution in [0, 0.1) is 16.0 Å². The lowest BCUT2D eigenvalue weighted by atomic mass is 9.83. The number of alkyl halides is 2. The lowest BCUT2D eigenvalue weighted by Gasteiger charge is -2.28. The van der Waals surface area contributed by atoms with Gasteiger partial charge in [0, 0.05) is 11.3 Å². The van der Waals surface area contributed by atoms with Gasteiger partial charge >= 0.3 is 18.7 Å². The number of nitro groups is 1. The zero-order valence-corrected chi connectivity index (χ0v) is 22.6. The van der Waals surface area contributed by atoms with Gasteiger partial charge < -0.3 is 24.8 Å². The third-order valence-electron chi connectivity index (χ3n) is 5.48. The van der Waals surface area contributed by atoms with Crippen molar-refractivity contribution >= 4 is 12.1 Å². The molecular formula is C26H35F2N3O7. The maximum absolute atomic E-state index is 13.4. The number of benzene rings is 1. The quantitative estimate of drug-likeness (QED) is 0.235. The third-order valence-corrected chi connectivity index (χ3v) is 5.48. The van der Waals surface area contributed by atoms with E-state index in [2.05, 4.69) is 15.4 Å². The summed E-state index contributed by atoms with van der Waals surface area (Å²) in [7, 11) is 0. The molecule has 0 radical (unpaired) electrons. The predicted octanol–water partition coefficient (Wildman–Crippen LogP) is 5.24. The molecule has 2 rings (SSSR count). The van der Waals surface area contributed by atoms with E-state index in [0.717, 1.165) is 0 Å². The van der Waals surface area contributed by atoms with Gasteiger partial charge in [0.05, 0.1) is 22.2 Å². The van der Waals surface area contributed by atoms with E-state index in [-0.39, 0.29) is 40.8 Å². The average molecular weight is 540 g/mol. The molecule has 1 aromatic rings. The van der Waals surface area contributed by atoms with Gasteiger partial charge in [0.2, 0.25) is 0 Å². The molecule has 0 spiro atoms. The Labute approximate surface area is 220 Å². The maximum Gasteiger partial charge on any atom is 0.407 e. The summed E-state index contributed by atoms with van der Waals surface area (Å²) in [5.41, 5.74) is -0.854. The second kappa shape index (κ2) is 12.7. The number of halogens is 2. The van der Waals surface area contributed by atoms with E-state index in [1.165, 1.54) is 38.1 Å². The fourth-order valence-electron chi connectivity index (χ4n) is 4.19. The molecule has 2 unspecified atom stereocenters. The highest BCUT2D eigenvalue weighted by molar-refractivity contribution is 5.92. The minimum Gasteiger partial charge on any atom is -0.460 e. The summed E-state index contributed by atoms with van der Waals surface area (Å²) < 4.78 is 41.7. The standard InChI is InChI=1S/C26H35F2N3O7/c1-14(2)12-17(30-25(33)38-26(5,6)7)13-36-23(32)20-15(3)29-16(4)22(31(34)35)21(20)18-10-8-9-11-19(18)37-24(27)28/h8-11,14,17,21,24,29H,12-13H2,1-7H3,(H,30,33). The van der Waals surface area contributed by atoms with Crippen LogP contribution < -0.4 is 15.4 Å². The molecule has 1 aromatic carbocycles. The smallest absolute Gasteiger partial charge is 0.407 e. The molecular weight excluding hydrogens is 504 g/mol. The number of rotatable bonds is 10. The van der Waals surface area contributed by atoms with E-state index in [4.69, 9.17) is 9.47 Å². The van der Waals surface area contributed by atoms with E-state index >= 15 is 0 Å². The van der Waals surface area contributed by atoms with Crippen molar-refractivity contribution < 1.29 is 37.5 Å². The summed E-state index contributed by atoms with van der Waals surface area (Å²) in [6, 6.07) is 4.98. The summed E-state index contributed by atoms with van der Waals surface area (Å²) in [4.78, 5) is 37.1. The fourth-order valence-corrected chi connectivity index (χ4v) is 4.19. The van der Waals surface area contributed by atoms with Crippen molar-refractivity contribution in [1.29, 1.82) is 0 Å². The highest BCUT2D eigenvalue weighted by Gasteiger charge is 2.42. The summed E-state index contributed by atoms with van der Waals surface area (Å²) in [5.74, 6) is -2.43. The zero-order valence-electron chi connectivity index (χ0n) is 22.6. The van der Waals surface area contributed by atoms with Crippen molar-refractivity contribution in [2.75, 3.05) is 6.61 Å². The first-order chi connectivity index (χ1) is 17.6. The molecule has 210 valence electrons. The Morgan fingerprint density at radius 2 is 1.79 bits per heavy atom. The number of allylic oxidation sites excluding steroid dienone is 3. The maximum atomic E-state index is 13.4. The molecule has 0 saturated carbocycles. The molecule has 0 aromatic heterocycles. The number of nitrogens with zero attached hydrogens (tertiary/aromatic N) is 1. The van der Waals surface area contributed by atoms with Crippen LogP contribution in [-0.2, 0) is 14.3 Å². The van der Waals surface area contributed by atoms with Crippen LogP contribution in [0.1, 0.15) is 66.4 Å². The van der Waals surface area contributed by atoms with Gasteiger partial charge in [-0.25, -0.2) is 9.59 Å². The van der Waals surface area contributed by atoms with Crippen molar-refractivity contribution in [1.82, 2.24) is 10.6 Å². The summed E-state index contributed by atoms with van der Waals surface area (Å²) in [6.45, 7) is 8.56. The van der Waals surface area contributed by atoms with Crippen LogP contribution in [-0.4, -0.2) is 41.8 Å².